The Morgan fingerprint density at radius 3 is 1.00 bits per heavy atom. The molecule has 0 bridgehead atoms. The molecule has 0 rings (SSSR count). The van der Waals surface area contributed by atoms with Crippen molar-refractivity contribution >= 4 is 0 Å². The smallest absolute Gasteiger partial charge is 0.388 e. The summed E-state index contributed by atoms with van der Waals surface area (Å²) < 4.78 is 208. The number of aliphatic hydroxyl groups excluding tert-OH is 1. The molecule has 0 saturated carbocycles. The number of aliphatic hydroxyl groups is 1. The van der Waals surface area contributed by atoms with Crippen LogP contribution < -0.4 is 0 Å². The molecule has 0 aliphatic carbocycles. The monoisotopic (exact) mass is 520 g/mol. The first-order chi connectivity index (χ1) is 13.9. The highest BCUT2D eigenvalue weighted by atomic mass is 19.4. The zero-order chi connectivity index (χ0) is 26.0. The molecule has 0 radical (unpaired) electrons. The Morgan fingerprint density at radius 1 is 0.531 bits per heavy atom. The van der Waals surface area contributed by atoms with Gasteiger partial charge in [-0.05, 0) is 0 Å². The van der Waals surface area contributed by atoms with Crippen molar-refractivity contribution in [1.29, 1.82) is 0 Å². The minimum Gasteiger partial charge on any atom is -0.388 e. The van der Waals surface area contributed by atoms with Crippen LogP contribution in [0.15, 0.2) is 0 Å². The summed E-state index contributed by atoms with van der Waals surface area (Å²) in [5.41, 5.74) is 0. The molecule has 0 amide bonds. The van der Waals surface area contributed by atoms with Crippen LogP contribution in [0.1, 0.15) is 12.8 Å². The largest absolute Gasteiger partial charge is 0.422 e. The first kappa shape index (κ1) is 30.8. The Bertz CT molecular complexity index is 537. The second kappa shape index (κ2) is 9.94. The molecule has 0 saturated heterocycles. The topological polar surface area (TPSA) is 38.7 Å². The summed E-state index contributed by atoms with van der Waals surface area (Å²) >= 11 is 0. The molecule has 32 heavy (non-hydrogen) atoms. The third-order valence-corrected chi connectivity index (χ3v) is 3.30. The molecule has 0 aromatic rings. The van der Waals surface area contributed by atoms with Crippen LogP contribution in [0.25, 0.3) is 0 Å². The molecule has 2 unspecified atom stereocenters. The van der Waals surface area contributed by atoms with Crippen molar-refractivity contribution < 1.29 is 84.8 Å². The molecule has 0 aliphatic heterocycles. The Morgan fingerprint density at radius 2 is 0.781 bits per heavy atom. The predicted molar refractivity (Wildman–Crippen MR) is 68.8 cm³/mol. The van der Waals surface area contributed by atoms with Crippen molar-refractivity contribution in [2.24, 2.45) is 0 Å². The fourth-order valence-electron chi connectivity index (χ4n) is 1.67. The van der Waals surface area contributed by atoms with E-state index in [0.29, 0.717) is 0 Å². The maximum Gasteiger partial charge on any atom is 0.422 e. The average Bonchev–Trinajstić information content (AvgIpc) is 2.54. The van der Waals surface area contributed by atoms with E-state index in [1.54, 1.807) is 0 Å². The van der Waals surface area contributed by atoms with Gasteiger partial charge in [0.25, 0.3) is 0 Å². The number of hydrogen-bond acceptors (Lipinski definition) is 3. The molecular weight excluding hydrogens is 508 g/mol. The van der Waals surface area contributed by atoms with Crippen molar-refractivity contribution in [3.8, 4) is 0 Å². The van der Waals surface area contributed by atoms with E-state index in [9.17, 15) is 70.2 Å². The molecule has 0 aromatic heterocycles. The molecule has 19 heteroatoms. The van der Waals surface area contributed by atoms with E-state index in [0.717, 1.165) is 0 Å². The number of rotatable bonds is 12. The second-order valence-electron chi connectivity index (χ2n) is 6.13. The fraction of sp³-hybridized carbons (Fsp3) is 1.00. The summed E-state index contributed by atoms with van der Waals surface area (Å²) in [5.74, 6) is -12.3. The fourth-order valence-corrected chi connectivity index (χ4v) is 1.67. The van der Waals surface area contributed by atoms with Crippen LogP contribution in [0.2, 0.25) is 0 Å². The first-order valence-corrected chi connectivity index (χ1v) is 7.74. The van der Waals surface area contributed by atoms with E-state index < -0.39 is 80.9 Å². The van der Waals surface area contributed by atoms with Crippen molar-refractivity contribution in [2.45, 2.75) is 67.7 Å². The zero-order valence-corrected chi connectivity index (χ0v) is 14.9. The Kier molecular flexibility index (Phi) is 9.56. The normalized spacial score (nSPS) is 17.9. The Labute approximate surface area is 167 Å². The molecule has 3 nitrogen and oxygen atoms in total. The second-order valence-corrected chi connectivity index (χ2v) is 6.13. The maximum atomic E-state index is 13.2. The van der Waals surface area contributed by atoms with E-state index in [1.165, 1.54) is 0 Å². The molecule has 1 N–H and O–H groups in total. The van der Waals surface area contributed by atoms with Gasteiger partial charge in [-0.15, -0.1) is 0 Å². The van der Waals surface area contributed by atoms with Crippen molar-refractivity contribution in [3.63, 3.8) is 0 Å². The van der Waals surface area contributed by atoms with Gasteiger partial charge in [0.15, 0.2) is 12.3 Å². The summed E-state index contributed by atoms with van der Waals surface area (Å²) in [6.45, 7) is -4.49. The summed E-state index contributed by atoms with van der Waals surface area (Å²) in [7, 11) is 0. The van der Waals surface area contributed by atoms with Gasteiger partial charge in [-0.1, -0.05) is 0 Å². The summed E-state index contributed by atoms with van der Waals surface area (Å²) in [5, 5.41) is 9.00. The third kappa shape index (κ3) is 8.60. The molecule has 0 aromatic carbocycles. The molecule has 0 heterocycles. The van der Waals surface area contributed by atoms with Gasteiger partial charge in [-0.2, -0.15) is 61.5 Å². The predicted octanol–water partition coefficient (Wildman–Crippen LogP) is 5.42. The van der Waals surface area contributed by atoms with E-state index in [-0.39, 0.29) is 0 Å². The number of alkyl halides is 16. The molecule has 0 spiro atoms. The SMILES string of the molecule is OC(COC(F)(F)C(F)(F)C(F)CC(F)(F)F)COC(F)(F)C(F)(F)C(F)CC(F)(F)F. The van der Waals surface area contributed by atoms with E-state index >= 15 is 0 Å². The van der Waals surface area contributed by atoms with Gasteiger partial charge in [0.05, 0.1) is 26.1 Å². The van der Waals surface area contributed by atoms with E-state index in [4.69, 9.17) is 5.11 Å². The minimum atomic E-state index is -6.17. The van der Waals surface area contributed by atoms with Crippen LogP contribution in [0, 0.1) is 0 Å². The van der Waals surface area contributed by atoms with E-state index in [2.05, 4.69) is 9.47 Å². The molecule has 2 atom stereocenters. The average molecular weight is 520 g/mol. The van der Waals surface area contributed by atoms with Gasteiger partial charge in [0, 0.05) is 0 Å². The number of halogens is 16. The van der Waals surface area contributed by atoms with Crippen LogP contribution in [-0.4, -0.2) is 73.2 Å². The third-order valence-electron chi connectivity index (χ3n) is 3.30. The van der Waals surface area contributed by atoms with Gasteiger partial charge in [0.2, 0.25) is 0 Å². The Hall–Kier alpha value is -1.24. The van der Waals surface area contributed by atoms with Gasteiger partial charge in [-0.25, -0.2) is 8.78 Å². The van der Waals surface area contributed by atoms with Gasteiger partial charge in [0.1, 0.15) is 6.10 Å². The highest BCUT2D eigenvalue weighted by molar-refractivity contribution is 4.88. The van der Waals surface area contributed by atoms with Crippen LogP contribution in [-0.2, 0) is 9.47 Å². The lowest BCUT2D eigenvalue weighted by Crippen LogP contribution is -2.53. The quantitative estimate of drug-likeness (QED) is 0.350. The van der Waals surface area contributed by atoms with E-state index in [1.807, 2.05) is 0 Å². The lowest BCUT2D eigenvalue weighted by molar-refractivity contribution is -0.381. The standard InChI is InChI=1S/C13H12F16O3/c14-6(1-8(16,17)18)10(22,23)12(26,27)31-3-5(30)4-32-13(28,29)11(24,25)7(15)2-9(19,20)21/h5-7,30H,1-4H2. The minimum absolute atomic E-state index is 2.25. The maximum absolute atomic E-state index is 13.2. The highest BCUT2D eigenvalue weighted by Crippen LogP contribution is 2.44. The summed E-state index contributed by atoms with van der Waals surface area (Å²) in [4.78, 5) is 0. The van der Waals surface area contributed by atoms with Crippen molar-refractivity contribution in [3.05, 3.63) is 0 Å². The number of hydrogen-bond donors (Lipinski definition) is 1. The summed E-state index contributed by atoms with van der Waals surface area (Å²) in [6, 6.07) is 0. The lowest BCUT2D eigenvalue weighted by atomic mass is 10.1. The zero-order valence-electron chi connectivity index (χ0n) is 14.9. The molecule has 194 valence electrons. The van der Waals surface area contributed by atoms with Crippen LogP contribution in [0.5, 0.6) is 0 Å². The Balaban J connectivity index is 5.00. The summed E-state index contributed by atoms with van der Waals surface area (Å²) in [6.07, 6.45) is -41.7. The molecule has 0 fully saturated rings. The first-order valence-electron chi connectivity index (χ1n) is 7.74. The van der Waals surface area contributed by atoms with Gasteiger partial charge >= 0.3 is 36.4 Å². The van der Waals surface area contributed by atoms with Gasteiger partial charge < -0.3 is 14.6 Å². The van der Waals surface area contributed by atoms with Crippen LogP contribution in [0.3, 0.4) is 0 Å². The van der Waals surface area contributed by atoms with Gasteiger partial charge in [-0.3, -0.25) is 0 Å². The van der Waals surface area contributed by atoms with Crippen LogP contribution >= 0.6 is 0 Å². The van der Waals surface area contributed by atoms with Crippen molar-refractivity contribution in [1.82, 2.24) is 0 Å². The van der Waals surface area contributed by atoms with Crippen molar-refractivity contribution in [2.75, 3.05) is 13.2 Å². The number of ether oxygens (including phenoxy) is 2. The highest BCUT2D eigenvalue weighted by Gasteiger charge is 2.66. The van der Waals surface area contributed by atoms with Crippen LogP contribution in [0.4, 0.5) is 70.2 Å². The molecule has 0 aliphatic rings. The lowest BCUT2D eigenvalue weighted by Gasteiger charge is -2.31. The molecular formula is C13H12F16O3.